The Bertz CT molecular complexity index is 169. The fourth-order valence-corrected chi connectivity index (χ4v) is 2.23. The van der Waals surface area contributed by atoms with Crippen molar-refractivity contribution in [2.75, 3.05) is 6.54 Å². The molecule has 2 N–H and O–H groups in total. The molecule has 0 aromatic rings. The zero-order valence-electron chi connectivity index (χ0n) is 6.42. The smallest absolute Gasteiger partial charge is 0.303 e. The van der Waals surface area contributed by atoms with E-state index in [1.807, 2.05) is 0 Å². The predicted molar refractivity (Wildman–Crippen MR) is 40.3 cm³/mol. The first-order chi connectivity index (χ1) is 5.29. The van der Waals surface area contributed by atoms with Crippen molar-refractivity contribution < 1.29 is 9.90 Å². The van der Waals surface area contributed by atoms with Gasteiger partial charge in [0.2, 0.25) is 0 Å². The van der Waals surface area contributed by atoms with Crippen molar-refractivity contribution in [3.63, 3.8) is 0 Å². The Morgan fingerprint density at radius 2 is 2.45 bits per heavy atom. The molecule has 2 fully saturated rings. The summed E-state index contributed by atoms with van der Waals surface area (Å²) in [7, 11) is 0. The molecule has 1 aliphatic heterocycles. The van der Waals surface area contributed by atoms with Crippen molar-refractivity contribution in [2.24, 2.45) is 11.8 Å². The van der Waals surface area contributed by atoms with Gasteiger partial charge in [-0.1, -0.05) is 0 Å². The van der Waals surface area contributed by atoms with Crippen LogP contribution in [0.3, 0.4) is 0 Å². The van der Waals surface area contributed by atoms with Gasteiger partial charge < -0.3 is 10.4 Å². The molecule has 2 aliphatic rings. The highest BCUT2D eigenvalue weighted by atomic mass is 16.4. The molecule has 1 aliphatic carbocycles. The van der Waals surface area contributed by atoms with Gasteiger partial charge in [0.1, 0.15) is 0 Å². The molecule has 3 heteroatoms. The topological polar surface area (TPSA) is 49.3 Å². The summed E-state index contributed by atoms with van der Waals surface area (Å²) >= 11 is 0. The maximum atomic E-state index is 10.4. The Hall–Kier alpha value is -0.570. The Labute approximate surface area is 65.8 Å². The van der Waals surface area contributed by atoms with Crippen LogP contribution < -0.4 is 5.32 Å². The van der Waals surface area contributed by atoms with Gasteiger partial charge in [-0.2, -0.15) is 0 Å². The number of carboxylic acid groups (broad SMARTS) is 1. The highest BCUT2D eigenvalue weighted by Crippen LogP contribution is 2.46. The SMILES string of the molecule is O=C(O)CC1[C@H]2CCCN[C@@H]12. The number of carbonyl (C=O) groups is 1. The Kier molecular flexibility index (Phi) is 1.60. The van der Waals surface area contributed by atoms with Crippen molar-refractivity contribution in [1.29, 1.82) is 0 Å². The maximum Gasteiger partial charge on any atom is 0.303 e. The summed E-state index contributed by atoms with van der Waals surface area (Å²) in [6, 6.07) is 0.542. The van der Waals surface area contributed by atoms with Crippen molar-refractivity contribution in [3.05, 3.63) is 0 Å². The monoisotopic (exact) mass is 155 g/mol. The summed E-state index contributed by atoms with van der Waals surface area (Å²) in [5, 5.41) is 11.9. The molecular weight excluding hydrogens is 142 g/mol. The number of aliphatic carboxylic acids is 1. The van der Waals surface area contributed by atoms with Gasteiger partial charge in [-0.05, 0) is 31.2 Å². The van der Waals surface area contributed by atoms with E-state index < -0.39 is 5.97 Å². The van der Waals surface area contributed by atoms with E-state index in [2.05, 4.69) is 5.32 Å². The Balaban J connectivity index is 1.85. The van der Waals surface area contributed by atoms with E-state index in [0.717, 1.165) is 6.54 Å². The first-order valence-corrected chi connectivity index (χ1v) is 4.24. The molecule has 1 saturated heterocycles. The van der Waals surface area contributed by atoms with Crippen LogP contribution >= 0.6 is 0 Å². The fourth-order valence-electron chi connectivity index (χ4n) is 2.23. The Morgan fingerprint density at radius 3 is 3.00 bits per heavy atom. The standard InChI is InChI=1S/C8H13NO2/c10-7(11)4-6-5-2-1-3-9-8(5)6/h5-6,8-9H,1-4H2,(H,10,11)/t5-,6?,8-/m1/s1. The first-order valence-electron chi connectivity index (χ1n) is 4.24. The number of carboxylic acids is 1. The van der Waals surface area contributed by atoms with Crippen molar-refractivity contribution in [1.82, 2.24) is 5.32 Å². The lowest BCUT2D eigenvalue weighted by molar-refractivity contribution is -0.137. The summed E-state index contributed by atoms with van der Waals surface area (Å²) < 4.78 is 0. The van der Waals surface area contributed by atoms with Crippen molar-refractivity contribution in [3.8, 4) is 0 Å². The first kappa shape index (κ1) is 7.10. The minimum atomic E-state index is -0.647. The van der Waals surface area contributed by atoms with E-state index in [-0.39, 0.29) is 0 Å². The lowest BCUT2D eigenvalue weighted by Crippen LogP contribution is -2.24. The summed E-state index contributed by atoms with van der Waals surface area (Å²) in [5.41, 5.74) is 0. The second kappa shape index (κ2) is 2.48. The third-order valence-electron chi connectivity index (χ3n) is 2.84. The average molecular weight is 155 g/mol. The van der Waals surface area contributed by atoms with Crippen LogP contribution in [-0.4, -0.2) is 23.7 Å². The molecule has 1 unspecified atom stereocenters. The summed E-state index contributed by atoms with van der Waals surface area (Å²) in [6.45, 7) is 1.08. The predicted octanol–water partition coefficient (Wildman–Crippen LogP) is 0.459. The zero-order valence-corrected chi connectivity index (χ0v) is 6.42. The second-order valence-corrected chi connectivity index (χ2v) is 3.55. The van der Waals surface area contributed by atoms with Crippen LogP contribution in [0.1, 0.15) is 19.3 Å². The van der Waals surface area contributed by atoms with Crippen LogP contribution in [0.5, 0.6) is 0 Å². The summed E-state index contributed by atoms with van der Waals surface area (Å²) in [6.07, 6.45) is 2.81. The molecule has 0 radical (unpaired) electrons. The van der Waals surface area contributed by atoms with Gasteiger partial charge in [-0.3, -0.25) is 4.79 Å². The molecule has 0 aromatic carbocycles. The van der Waals surface area contributed by atoms with Gasteiger partial charge in [0, 0.05) is 12.5 Å². The number of fused-ring (bicyclic) bond motifs is 1. The third-order valence-corrected chi connectivity index (χ3v) is 2.84. The average Bonchev–Trinajstić information content (AvgIpc) is 2.64. The zero-order chi connectivity index (χ0) is 7.84. The molecule has 0 bridgehead atoms. The maximum absolute atomic E-state index is 10.4. The molecule has 3 atom stereocenters. The van der Waals surface area contributed by atoms with E-state index in [9.17, 15) is 4.79 Å². The van der Waals surface area contributed by atoms with E-state index >= 15 is 0 Å². The molecule has 62 valence electrons. The van der Waals surface area contributed by atoms with Crippen LogP contribution in [0.4, 0.5) is 0 Å². The van der Waals surface area contributed by atoms with Crippen LogP contribution in [0, 0.1) is 11.8 Å². The van der Waals surface area contributed by atoms with Crippen molar-refractivity contribution >= 4 is 5.97 Å². The lowest BCUT2D eigenvalue weighted by Gasteiger charge is -2.08. The van der Waals surface area contributed by atoms with Gasteiger partial charge in [-0.15, -0.1) is 0 Å². The van der Waals surface area contributed by atoms with Gasteiger partial charge in [-0.25, -0.2) is 0 Å². The van der Waals surface area contributed by atoms with Crippen LogP contribution in [0.2, 0.25) is 0 Å². The van der Waals surface area contributed by atoms with Crippen LogP contribution in [0.15, 0.2) is 0 Å². The highest BCUT2D eigenvalue weighted by molar-refractivity contribution is 5.67. The highest BCUT2D eigenvalue weighted by Gasteiger charge is 2.51. The molecule has 3 nitrogen and oxygen atoms in total. The molecule has 0 amide bonds. The van der Waals surface area contributed by atoms with E-state index in [0.29, 0.717) is 24.3 Å². The molecule has 2 rings (SSSR count). The Morgan fingerprint density at radius 1 is 1.64 bits per heavy atom. The summed E-state index contributed by atoms with van der Waals surface area (Å²) in [4.78, 5) is 10.4. The largest absolute Gasteiger partial charge is 0.481 e. The third kappa shape index (κ3) is 1.25. The number of hydrogen-bond acceptors (Lipinski definition) is 2. The summed E-state index contributed by atoms with van der Waals surface area (Å²) in [5.74, 6) is 0.473. The van der Waals surface area contributed by atoms with Gasteiger partial charge in [0.15, 0.2) is 0 Å². The van der Waals surface area contributed by atoms with E-state index in [1.165, 1.54) is 12.8 Å². The number of nitrogens with one attached hydrogen (secondary N) is 1. The van der Waals surface area contributed by atoms with Gasteiger partial charge in [0.25, 0.3) is 0 Å². The molecular formula is C8H13NO2. The van der Waals surface area contributed by atoms with Crippen LogP contribution in [-0.2, 0) is 4.79 Å². The second-order valence-electron chi connectivity index (χ2n) is 3.55. The normalized spacial score (nSPS) is 41.3. The minimum Gasteiger partial charge on any atom is -0.481 e. The minimum absolute atomic E-state index is 0.363. The molecule has 11 heavy (non-hydrogen) atoms. The molecule has 1 heterocycles. The quantitative estimate of drug-likeness (QED) is 0.609. The van der Waals surface area contributed by atoms with E-state index in [1.54, 1.807) is 0 Å². The van der Waals surface area contributed by atoms with E-state index in [4.69, 9.17) is 5.11 Å². The van der Waals surface area contributed by atoms with Crippen LogP contribution in [0.25, 0.3) is 0 Å². The lowest BCUT2D eigenvalue weighted by atomic mass is 10.1. The molecule has 0 spiro atoms. The number of hydrogen-bond donors (Lipinski definition) is 2. The molecule has 0 aromatic heterocycles. The fraction of sp³-hybridized carbons (Fsp3) is 0.875. The number of rotatable bonds is 2. The number of piperidine rings is 1. The molecule has 1 saturated carbocycles. The van der Waals surface area contributed by atoms with Gasteiger partial charge >= 0.3 is 5.97 Å². The van der Waals surface area contributed by atoms with Crippen molar-refractivity contribution in [2.45, 2.75) is 25.3 Å². The van der Waals surface area contributed by atoms with Gasteiger partial charge in [0.05, 0.1) is 0 Å².